The molecular formula is C16H23N3O2. The highest BCUT2D eigenvalue weighted by molar-refractivity contribution is 5.97. The Morgan fingerprint density at radius 2 is 2.05 bits per heavy atom. The summed E-state index contributed by atoms with van der Waals surface area (Å²) < 4.78 is 5.71. The zero-order chi connectivity index (χ0) is 15.0. The van der Waals surface area contributed by atoms with Crippen molar-refractivity contribution < 1.29 is 9.53 Å². The highest BCUT2D eigenvalue weighted by atomic mass is 16.5. The first-order chi connectivity index (χ1) is 10.0. The SMILES string of the molecule is CC1CN(CC(=O)N2CCc3cc(N)ccc32)CC(C)O1. The van der Waals surface area contributed by atoms with E-state index in [1.54, 1.807) is 0 Å². The Labute approximate surface area is 125 Å². The van der Waals surface area contributed by atoms with E-state index >= 15 is 0 Å². The molecule has 2 N–H and O–H groups in total. The highest BCUT2D eigenvalue weighted by Crippen LogP contribution is 2.29. The van der Waals surface area contributed by atoms with Crippen molar-refractivity contribution in [2.75, 3.05) is 36.8 Å². The van der Waals surface area contributed by atoms with Crippen LogP contribution >= 0.6 is 0 Å². The van der Waals surface area contributed by atoms with Crippen LogP contribution in [0.3, 0.4) is 0 Å². The molecule has 1 saturated heterocycles. The quantitative estimate of drug-likeness (QED) is 0.833. The van der Waals surface area contributed by atoms with Crippen molar-refractivity contribution in [1.29, 1.82) is 0 Å². The molecular weight excluding hydrogens is 266 g/mol. The highest BCUT2D eigenvalue weighted by Gasteiger charge is 2.29. The Hall–Kier alpha value is -1.59. The third-order valence-electron chi connectivity index (χ3n) is 4.15. The van der Waals surface area contributed by atoms with Crippen LogP contribution in [-0.4, -0.2) is 49.2 Å². The summed E-state index contributed by atoms with van der Waals surface area (Å²) in [4.78, 5) is 16.7. The number of carbonyl (C=O) groups is 1. The van der Waals surface area contributed by atoms with Crippen LogP contribution in [0.5, 0.6) is 0 Å². The van der Waals surface area contributed by atoms with E-state index in [4.69, 9.17) is 10.5 Å². The molecule has 1 amide bonds. The van der Waals surface area contributed by atoms with Gasteiger partial charge in [-0.2, -0.15) is 0 Å². The van der Waals surface area contributed by atoms with Crippen LogP contribution in [-0.2, 0) is 16.0 Å². The number of morpholine rings is 1. The van der Waals surface area contributed by atoms with Gasteiger partial charge in [-0.05, 0) is 44.0 Å². The third-order valence-corrected chi connectivity index (χ3v) is 4.15. The van der Waals surface area contributed by atoms with Gasteiger partial charge in [0.1, 0.15) is 0 Å². The molecule has 0 saturated carbocycles. The normalized spacial score (nSPS) is 25.9. The average molecular weight is 289 g/mol. The molecule has 2 unspecified atom stereocenters. The number of fused-ring (bicyclic) bond motifs is 1. The van der Waals surface area contributed by atoms with Crippen LogP contribution in [0.25, 0.3) is 0 Å². The van der Waals surface area contributed by atoms with E-state index in [-0.39, 0.29) is 18.1 Å². The standard InChI is InChI=1S/C16H23N3O2/c1-11-8-18(9-12(2)21-11)10-16(20)19-6-5-13-7-14(17)3-4-15(13)19/h3-4,7,11-12H,5-6,8-10,17H2,1-2H3. The van der Waals surface area contributed by atoms with Gasteiger partial charge in [0.15, 0.2) is 0 Å². The molecule has 2 heterocycles. The number of rotatable bonds is 2. The predicted octanol–water partition coefficient (Wildman–Crippen LogP) is 1.27. The lowest BCUT2D eigenvalue weighted by atomic mass is 10.1. The lowest BCUT2D eigenvalue weighted by molar-refractivity contribution is -0.123. The number of benzene rings is 1. The van der Waals surface area contributed by atoms with Gasteiger partial charge in [0.25, 0.3) is 0 Å². The number of nitrogens with two attached hydrogens (primary N) is 1. The van der Waals surface area contributed by atoms with Crippen molar-refractivity contribution in [2.24, 2.45) is 0 Å². The monoisotopic (exact) mass is 289 g/mol. The first kappa shape index (κ1) is 14.4. The van der Waals surface area contributed by atoms with E-state index in [9.17, 15) is 4.79 Å². The van der Waals surface area contributed by atoms with Gasteiger partial charge in [-0.3, -0.25) is 9.69 Å². The van der Waals surface area contributed by atoms with E-state index in [1.165, 1.54) is 5.56 Å². The molecule has 0 radical (unpaired) electrons. The predicted molar refractivity (Wildman–Crippen MR) is 83.4 cm³/mol. The van der Waals surface area contributed by atoms with Gasteiger partial charge in [-0.1, -0.05) is 0 Å². The maximum Gasteiger partial charge on any atom is 0.241 e. The van der Waals surface area contributed by atoms with Gasteiger partial charge < -0.3 is 15.4 Å². The van der Waals surface area contributed by atoms with Gasteiger partial charge in [0, 0.05) is 31.0 Å². The molecule has 2 atom stereocenters. The van der Waals surface area contributed by atoms with Crippen molar-refractivity contribution in [3.05, 3.63) is 23.8 Å². The van der Waals surface area contributed by atoms with Crippen LogP contribution in [0.15, 0.2) is 18.2 Å². The summed E-state index contributed by atoms with van der Waals surface area (Å²) in [5, 5.41) is 0. The number of carbonyl (C=O) groups excluding carboxylic acids is 1. The molecule has 2 aliphatic rings. The topological polar surface area (TPSA) is 58.8 Å². The summed E-state index contributed by atoms with van der Waals surface area (Å²) in [7, 11) is 0. The average Bonchev–Trinajstić information content (AvgIpc) is 2.80. The summed E-state index contributed by atoms with van der Waals surface area (Å²) in [6.07, 6.45) is 1.27. The van der Waals surface area contributed by atoms with Crippen LogP contribution in [0, 0.1) is 0 Å². The second-order valence-electron chi connectivity index (χ2n) is 6.13. The third kappa shape index (κ3) is 3.04. The lowest BCUT2D eigenvalue weighted by Crippen LogP contribution is -2.49. The molecule has 114 valence electrons. The maximum atomic E-state index is 12.6. The summed E-state index contributed by atoms with van der Waals surface area (Å²) in [6.45, 7) is 6.97. The minimum atomic E-state index is 0.167. The first-order valence-electron chi connectivity index (χ1n) is 7.59. The van der Waals surface area contributed by atoms with Crippen molar-refractivity contribution in [2.45, 2.75) is 32.5 Å². The number of ether oxygens (including phenoxy) is 1. The minimum absolute atomic E-state index is 0.167. The van der Waals surface area contributed by atoms with Crippen LogP contribution in [0.2, 0.25) is 0 Å². The van der Waals surface area contributed by atoms with Gasteiger partial charge in [-0.15, -0.1) is 0 Å². The molecule has 3 rings (SSSR count). The molecule has 5 heteroatoms. The number of nitrogens with zero attached hydrogens (tertiary/aromatic N) is 2. The second-order valence-corrected chi connectivity index (χ2v) is 6.13. The molecule has 1 aromatic carbocycles. The van der Waals surface area contributed by atoms with E-state index in [0.717, 1.165) is 37.4 Å². The number of amides is 1. The van der Waals surface area contributed by atoms with E-state index in [1.807, 2.05) is 23.1 Å². The minimum Gasteiger partial charge on any atom is -0.399 e. The Morgan fingerprint density at radius 3 is 2.76 bits per heavy atom. The zero-order valence-corrected chi connectivity index (χ0v) is 12.7. The van der Waals surface area contributed by atoms with Gasteiger partial charge in [0.2, 0.25) is 5.91 Å². The van der Waals surface area contributed by atoms with E-state index in [2.05, 4.69) is 18.7 Å². The molecule has 0 bridgehead atoms. The van der Waals surface area contributed by atoms with Crippen molar-refractivity contribution >= 4 is 17.3 Å². The second kappa shape index (κ2) is 5.66. The number of hydrogen-bond donors (Lipinski definition) is 1. The van der Waals surface area contributed by atoms with Crippen LogP contribution in [0.1, 0.15) is 19.4 Å². The molecule has 1 aromatic rings. The summed E-state index contributed by atoms with van der Waals surface area (Å²) >= 11 is 0. The number of nitrogen functional groups attached to an aromatic ring is 1. The van der Waals surface area contributed by atoms with Crippen molar-refractivity contribution in [1.82, 2.24) is 4.90 Å². The van der Waals surface area contributed by atoms with Gasteiger partial charge >= 0.3 is 0 Å². The van der Waals surface area contributed by atoms with Crippen molar-refractivity contribution in [3.63, 3.8) is 0 Å². The van der Waals surface area contributed by atoms with Gasteiger partial charge in [0.05, 0.1) is 18.8 Å². The Balaban J connectivity index is 1.67. The lowest BCUT2D eigenvalue weighted by Gasteiger charge is -2.35. The largest absolute Gasteiger partial charge is 0.399 e. The number of hydrogen-bond acceptors (Lipinski definition) is 4. The Kier molecular flexibility index (Phi) is 3.87. The molecule has 1 fully saturated rings. The molecule has 0 spiro atoms. The number of anilines is 2. The van der Waals surface area contributed by atoms with E-state index in [0.29, 0.717) is 6.54 Å². The summed E-state index contributed by atoms with van der Waals surface area (Å²) in [5.74, 6) is 0.167. The fraction of sp³-hybridized carbons (Fsp3) is 0.562. The van der Waals surface area contributed by atoms with Gasteiger partial charge in [-0.25, -0.2) is 0 Å². The molecule has 21 heavy (non-hydrogen) atoms. The fourth-order valence-electron chi connectivity index (χ4n) is 3.37. The van der Waals surface area contributed by atoms with E-state index < -0.39 is 0 Å². The van der Waals surface area contributed by atoms with Crippen LogP contribution < -0.4 is 10.6 Å². The zero-order valence-electron chi connectivity index (χ0n) is 12.7. The molecule has 5 nitrogen and oxygen atoms in total. The van der Waals surface area contributed by atoms with Crippen LogP contribution in [0.4, 0.5) is 11.4 Å². The Morgan fingerprint density at radius 1 is 1.33 bits per heavy atom. The maximum absolute atomic E-state index is 12.6. The fourth-order valence-corrected chi connectivity index (χ4v) is 3.37. The summed E-state index contributed by atoms with van der Waals surface area (Å²) in [6, 6.07) is 5.80. The van der Waals surface area contributed by atoms with Crippen molar-refractivity contribution in [3.8, 4) is 0 Å². The summed E-state index contributed by atoms with van der Waals surface area (Å²) in [5.41, 5.74) is 8.76. The first-order valence-corrected chi connectivity index (χ1v) is 7.59. The molecule has 0 aromatic heterocycles. The molecule has 2 aliphatic heterocycles. The smallest absolute Gasteiger partial charge is 0.241 e. The Bertz CT molecular complexity index is 536. The molecule has 0 aliphatic carbocycles.